The summed E-state index contributed by atoms with van der Waals surface area (Å²) in [6.45, 7) is 0. The molecule has 0 saturated heterocycles. The minimum atomic E-state index is 0.351. The highest BCUT2D eigenvalue weighted by Gasteiger charge is 2.10. The zero-order valence-corrected chi connectivity index (χ0v) is 9.91. The first-order chi connectivity index (χ1) is 9.16. The fourth-order valence-corrected chi connectivity index (χ4v) is 1.78. The maximum atomic E-state index is 5.96. The van der Waals surface area contributed by atoms with Crippen LogP contribution in [0.15, 0.2) is 30.9 Å². The molecule has 0 aliphatic carbocycles. The summed E-state index contributed by atoms with van der Waals surface area (Å²) in [5, 5.41) is 0. The third-order valence-corrected chi connectivity index (χ3v) is 2.82. The third-order valence-electron chi connectivity index (χ3n) is 2.82. The van der Waals surface area contributed by atoms with Crippen molar-refractivity contribution in [3.8, 4) is 11.3 Å². The van der Waals surface area contributed by atoms with Gasteiger partial charge in [-0.3, -0.25) is 0 Å². The monoisotopic (exact) mass is 253 g/mol. The Balaban J connectivity index is 2.22. The van der Waals surface area contributed by atoms with Crippen LogP contribution in [0.2, 0.25) is 0 Å². The lowest BCUT2D eigenvalue weighted by Gasteiger charge is -2.09. The Morgan fingerprint density at radius 2 is 1.74 bits per heavy atom. The summed E-state index contributed by atoms with van der Waals surface area (Å²) in [5.74, 6) is 0. The minimum Gasteiger partial charge on any atom is -0.397 e. The topological polar surface area (TPSA) is 130 Å². The van der Waals surface area contributed by atoms with E-state index in [4.69, 9.17) is 17.2 Å². The van der Waals surface area contributed by atoms with Gasteiger partial charge in [0.2, 0.25) is 0 Å². The number of anilines is 3. The molecule has 19 heavy (non-hydrogen) atoms. The average Bonchev–Trinajstić information content (AvgIpc) is 2.44. The molecule has 0 fully saturated rings. The molecular weight excluding hydrogens is 242 g/mol. The fourth-order valence-electron chi connectivity index (χ4n) is 1.78. The lowest BCUT2D eigenvalue weighted by Crippen LogP contribution is -2.02. The number of nitrogens with zero attached hydrogens (tertiary/aromatic N) is 4. The van der Waals surface area contributed by atoms with Gasteiger partial charge in [0.05, 0.1) is 35.1 Å². The molecule has 2 heterocycles. The van der Waals surface area contributed by atoms with Crippen LogP contribution in [-0.4, -0.2) is 19.9 Å². The van der Waals surface area contributed by atoms with Crippen molar-refractivity contribution in [3.05, 3.63) is 30.9 Å². The first-order valence-corrected chi connectivity index (χ1v) is 5.53. The molecule has 1 aromatic carbocycles. The SMILES string of the molecule is Nc1ccc(-c2cnc3ncncc3n2)c(N)c1N. The first-order valence-electron chi connectivity index (χ1n) is 5.53. The molecule has 0 spiro atoms. The van der Waals surface area contributed by atoms with E-state index in [0.717, 1.165) is 0 Å². The van der Waals surface area contributed by atoms with Crippen LogP contribution >= 0.6 is 0 Å². The quantitative estimate of drug-likeness (QED) is 0.547. The van der Waals surface area contributed by atoms with Gasteiger partial charge in [-0.1, -0.05) is 0 Å². The Morgan fingerprint density at radius 3 is 2.58 bits per heavy atom. The number of nitrogens with two attached hydrogens (primary N) is 3. The molecule has 0 radical (unpaired) electrons. The van der Waals surface area contributed by atoms with Crippen molar-refractivity contribution < 1.29 is 0 Å². The van der Waals surface area contributed by atoms with E-state index in [2.05, 4.69) is 19.9 Å². The highest BCUT2D eigenvalue weighted by Crippen LogP contribution is 2.32. The molecule has 3 aromatic rings. The number of aromatic nitrogens is 4. The van der Waals surface area contributed by atoms with Gasteiger partial charge >= 0.3 is 0 Å². The van der Waals surface area contributed by atoms with Crippen molar-refractivity contribution in [2.75, 3.05) is 17.2 Å². The Morgan fingerprint density at radius 1 is 0.895 bits per heavy atom. The second-order valence-corrected chi connectivity index (χ2v) is 4.02. The van der Waals surface area contributed by atoms with Crippen molar-refractivity contribution in [3.63, 3.8) is 0 Å². The maximum absolute atomic E-state index is 5.96. The number of hydrogen-bond acceptors (Lipinski definition) is 7. The fraction of sp³-hybridized carbons (Fsp3) is 0. The van der Waals surface area contributed by atoms with Gasteiger partial charge in [0, 0.05) is 5.56 Å². The van der Waals surface area contributed by atoms with Gasteiger partial charge in [0.1, 0.15) is 11.8 Å². The predicted molar refractivity (Wildman–Crippen MR) is 73.8 cm³/mol. The molecule has 6 N–H and O–H groups in total. The van der Waals surface area contributed by atoms with Crippen molar-refractivity contribution in [2.24, 2.45) is 0 Å². The van der Waals surface area contributed by atoms with E-state index in [1.165, 1.54) is 6.33 Å². The molecule has 0 aliphatic heterocycles. The molecule has 0 saturated carbocycles. The van der Waals surface area contributed by atoms with Gasteiger partial charge in [0.25, 0.3) is 0 Å². The van der Waals surface area contributed by atoms with Crippen LogP contribution in [0.3, 0.4) is 0 Å². The third kappa shape index (κ3) is 1.77. The molecule has 7 nitrogen and oxygen atoms in total. The highest BCUT2D eigenvalue weighted by molar-refractivity contribution is 5.90. The predicted octanol–water partition coefficient (Wildman–Crippen LogP) is 0.833. The zero-order chi connectivity index (χ0) is 13.4. The van der Waals surface area contributed by atoms with Crippen molar-refractivity contribution in [1.29, 1.82) is 0 Å². The van der Waals surface area contributed by atoms with Crippen molar-refractivity contribution >= 4 is 28.2 Å². The summed E-state index contributed by atoms with van der Waals surface area (Å²) < 4.78 is 0. The second kappa shape index (κ2) is 4.05. The van der Waals surface area contributed by atoms with E-state index in [9.17, 15) is 0 Å². The van der Waals surface area contributed by atoms with Gasteiger partial charge < -0.3 is 17.2 Å². The Hall–Kier alpha value is -2.96. The highest BCUT2D eigenvalue weighted by atomic mass is 14.9. The molecule has 0 unspecified atom stereocenters. The maximum Gasteiger partial charge on any atom is 0.181 e. The smallest absolute Gasteiger partial charge is 0.181 e. The van der Waals surface area contributed by atoms with E-state index in [1.807, 2.05) is 0 Å². The van der Waals surface area contributed by atoms with Gasteiger partial charge in [0.15, 0.2) is 5.65 Å². The average molecular weight is 253 g/mol. The van der Waals surface area contributed by atoms with E-state index in [0.29, 0.717) is 39.5 Å². The lowest BCUT2D eigenvalue weighted by molar-refractivity contribution is 1.15. The zero-order valence-electron chi connectivity index (χ0n) is 9.91. The standard InChI is InChI=1S/C12H11N7/c13-7-2-1-6(10(14)11(7)15)8-4-17-12-9(19-8)3-16-5-18-12/h1-5H,13-15H2. The van der Waals surface area contributed by atoms with Gasteiger partial charge in [-0.2, -0.15) is 0 Å². The van der Waals surface area contributed by atoms with Crippen LogP contribution in [0, 0.1) is 0 Å². The minimum absolute atomic E-state index is 0.351. The van der Waals surface area contributed by atoms with Crippen LogP contribution in [0.5, 0.6) is 0 Å². The Bertz CT molecular complexity index is 769. The second-order valence-electron chi connectivity index (χ2n) is 4.02. The van der Waals surface area contributed by atoms with Crippen LogP contribution in [0.25, 0.3) is 22.4 Å². The number of rotatable bonds is 1. The van der Waals surface area contributed by atoms with Gasteiger partial charge in [-0.05, 0) is 12.1 Å². The summed E-state index contributed by atoms with van der Waals surface area (Å²) in [6, 6.07) is 3.45. The van der Waals surface area contributed by atoms with Crippen molar-refractivity contribution in [1.82, 2.24) is 19.9 Å². The molecule has 0 aliphatic rings. The van der Waals surface area contributed by atoms with Crippen molar-refractivity contribution in [2.45, 2.75) is 0 Å². The van der Waals surface area contributed by atoms with E-state index < -0.39 is 0 Å². The van der Waals surface area contributed by atoms with E-state index >= 15 is 0 Å². The molecule has 7 heteroatoms. The molecule has 94 valence electrons. The lowest BCUT2D eigenvalue weighted by atomic mass is 10.1. The summed E-state index contributed by atoms with van der Waals surface area (Å²) in [5.41, 5.74) is 21.1. The summed E-state index contributed by atoms with van der Waals surface area (Å²) in [4.78, 5) is 16.5. The molecule has 0 amide bonds. The van der Waals surface area contributed by atoms with Crippen LogP contribution < -0.4 is 17.2 Å². The van der Waals surface area contributed by atoms with Crippen LogP contribution in [0.1, 0.15) is 0 Å². The van der Waals surface area contributed by atoms with Gasteiger partial charge in [-0.15, -0.1) is 0 Å². The van der Waals surface area contributed by atoms with Crippen LogP contribution in [0.4, 0.5) is 17.1 Å². The number of benzene rings is 1. The molecule has 0 bridgehead atoms. The number of hydrogen-bond donors (Lipinski definition) is 3. The van der Waals surface area contributed by atoms with E-state index in [-0.39, 0.29) is 0 Å². The number of fused-ring (bicyclic) bond motifs is 1. The van der Waals surface area contributed by atoms with E-state index in [1.54, 1.807) is 24.5 Å². The summed E-state index contributed by atoms with van der Waals surface area (Å²) in [7, 11) is 0. The molecule has 0 atom stereocenters. The van der Waals surface area contributed by atoms with Crippen LogP contribution in [-0.2, 0) is 0 Å². The first kappa shape index (κ1) is 11.1. The largest absolute Gasteiger partial charge is 0.397 e. The number of nitrogen functional groups attached to an aromatic ring is 3. The molecule has 2 aromatic heterocycles. The summed E-state index contributed by atoms with van der Waals surface area (Å²) in [6.07, 6.45) is 4.61. The Labute approximate surface area is 108 Å². The Kier molecular flexibility index (Phi) is 2.38. The van der Waals surface area contributed by atoms with Gasteiger partial charge in [-0.25, -0.2) is 19.9 Å². The molecular formula is C12H11N7. The normalized spacial score (nSPS) is 10.7. The molecule has 3 rings (SSSR count). The summed E-state index contributed by atoms with van der Waals surface area (Å²) >= 11 is 0.